The van der Waals surface area contributed by atoms with Crippen LogP contribution in [0.1, 0.15) is 44.1 Å². The van der Waals surface area contributed by atoms with Crippen LogP contribution in [0.2, 0.25) is 0 Å². The molecule has 1 amide bonds. The maximum Gasteiger partial charge on any atom is 0.251 e. The summed E-state index contributed by atoms with van der Waals surface area (Å²) in [6.07, 6.45) is 5.02. The number of methoxy groups -OCH3 is 1. The van der Waals surface area contributed by atoms with Crippen molar-refractivity contribution in [1.82, 2.24) is 4.98 Å². The summed E-state index contributed by atoms with van der Waals surface area (Å²) in [5, 5.41) is 3.39. The van der Waals surface area contributed by atoms with Crippen molar-refractivity contribution in [2.24, 2.45) is 5.92 Å². The predicted molar refractivity (Wildman–Crippen MR) is 124 cm³/mol. The predicted octanol–water partition coefficient (Wildman–Crippen LogP) is 5.11. The molecule has 1 aromatic carbocycles. The summed E-state index contributed by atoms with van der Waals surface area (Å²) in [6, 6.07) is 9.70. The van der Waals surface area contributed by atoms with Gasteiger partial charge in [0, 0.05) is 56.4 Å². The monoisotopic (exact) mass is 456 g/mol. The summed E-state index contributed by atoms with van der Waals surface area (Å²) >= 11 is 0. The van der Waals surface area contributed by atoms with Crippen molar-refractivity contribution in [3.05, 3.63) is 42.1 Å². The van der Waals surface area contributed by atoms with E-state index >= 15 is 0 Å². The molecule has 176 valence electrons. The van der Waals surface area contributed by atoms with Gasteiger partial charge >= 0.3 is 0 Å². The Balaban J connectivity index is 1.47. The first kappa shape index (κ1) is 22.1. The average Bonchev–Trinajstić information content (AvgIpc) is 3.00. The second-order valence-corrected chi connectivity index (χ2v) is 9.31. The van der Waals surface area contributed by atoms with Gasteiger partial charge < -0.3 is 19.9 Å². The van der Waals surface area contributed by atoms with E-state index in [1.807, 2.05) is 40.1 Å². The molecule has 2 fully saturated rings. The molecular formula is C25H30F2N4O2. The molecule has 1 saturated heterocycles. The van der Waals surface area contributed by atoms with Gasteiger partial charge in [0.05, 0.1) is 24.0 Å². The van der Waals surface area contributed by atoms with Gasteiger partial charge in [-0.05, 0) is 49.9 Å². The molecule has 6 nitrogen and oxygen atoms in total. The largest absolute Gasteiger partial charge is 0.381 e. The molecule has 1 N–H and O–H groups in total. The van der Waals surface area contributed by atoms with E-state index in [0.29, 0.717) is 19.6 Å². The van der Waals surface area contributed by atoms with Gasteiger partial charge in [-0.2, -0.15) is 0 Å². The molecule has 0 radical (unpaired) electrons. The standard InChI is InChI=1S/C25H30F2N4O2/c1-33-20-7-4-17(5-8-20)24(32)31-16-18-3-2-12-28-23(18)29-21-9-6-19(15-22(21)31)30-13-10-25(26,27)11-14-30/h2-3,6,9,12,15,17,20H,4-5,7-8,10-11,13-14,16H2,1H3,(H,28,29)/t17-,20-. The van der Waals surface area contributed by atoms with E-state index in [4.69, 9.17) is 4.74 Å². The molecule has 0 bridgehead atoms. The number of pyridine rings is 1. The van der Waals surface area contributed by atoms with Gasteiger partial charge in [0.25, 0.3) is 5.92 Å². The van der Waals surface area contributed by atoms with Crippen LogP contribution in [-0.4, -0.2) is 43.1 Å². The number of piperidine rings is 1. The van der Waals surface area contributed by atoms with Gasteiger partial charge in [-0.1, -0.05) is 6.07 Å². The lowest BCUT2D eigenvalue weighted by molar-refractivity contribution is -0.124. The first-order valence-corrected chi connectivity index (χ1v) is 11.8. The zero-order valence-electron chi connectivity index (χ0n) is 18.9. The summed E-state index contributed by atoms with van der Waals surface area (Å²) in [5.41, 5.74) is 3.40. The lowest BCUT2D eigenvalue weighted by atomic mass is 9.86. The Bertz CT molecular complexity index is 1010. The summed E-state index contributed by atoms with van der Waals surface area (Å²) in [6.45, 7) is 1.03. The van der Waals surface area contributed by atoms with Gasteiger partial charge in [-0.15, -0.1) is 0 Å². The number of halogens is 2. The fourth-order valence-corrected chi connectivity index (χ4v) is 5.16. The second kappa shape index (κ2) is 8.89. The fourth-order valence-electron chi connectivity index (χ4n) is 5.16. The number of anilines is 4. The van der Waals surface area contributed by atoms with Crippen LogP contribution in [-0.2, 0) is 16.1 Å². The Labute approximate surface area is 192 Å². The molecule has 0 atom stereocenters. The van der Waals surface area contributed by atoms with E-state index in [0.717, 1.165) is 54.1 Å². The molecule has 3 heterocycles. The van der Waals surface area contributed by atoms with Crippen LogP contribution >= 0.6 is 0 Å². The fraction of sp³-hybridized carbons (Fsp3) is 0.520. The second-order valence-electron chi connectivity index (χ2n) is 9.31. The van der Waals surface area contributed by atoms with Crippen molar-refractivity contribution in [1.29, 1.82) is 0 Å². The molecule has 0 unspecified atom stereocenters. The minimum atomic E-state index is -2.60. The lowest BCUT2D eigenvalue weighted by Gasteiger charge is -2.35. The van der Waals surface area contributed by atoms with E-state index in [1.165, 1.54) is 0 Å². The molecule has 5 rings (SSSR count). The number of nitrogens with one attached hydrogen (secondary N) is 1. The molecule has 0 spiro atoms. The highest BCUT2D eigenvalue weighted by Crippen LogP contribution is 2.40. The molecule has 33 heavy (non-hydrogen) atoms. The van der Waals surface area contributed by atoms with Crippen LogP contribution in [0.4, 0.5) is 31.7 Å². The van der Waals surface area contributed by atoms with Gasteiger partial charge in [0.1, 0.15) is 5.82 Å². The molecule has 1 aliphatic carbocycles. The van der Waals surface area contributed by atoms with E-state index in [-0.39, 0.29) is 30.8 Å². The lowest BCUT2D eigenvalue weighted by Crippen LogP contribution is -2.40. The van der Waals surface area contributed by atoms with Crippen LogP contribution in [0.3, 0.4) is 0 Å². The molecule has 1 saturated carbocycles. The van der Waals surface area contributed by atoms with Crippen LogP contribution < -0.4 is 15.1 Å². The smallest absolute Gasteiger partial charge is 0.251 e. The third-order valence-corrected chi connectivity index (χ3v) is 7.23. The number of carbonyl (C=O) groups is 1. The van der Waals surface area contributed by atoms with E-state index in [9.17, 15) is 13.6 Å². The van der Waals surface area contributed by atoms with Crippen molar-refractivity contribution in [2.75, 3.05) is 35.3 Å². The maximum absolute atomic E-state index is 13.8. The Hall–Kier alpha value is -2.74. The molecule has 2 aromatic rings. The van der Waals surface area contributed by atoms with Crippen LogP contribution in [0.5, 0.6) is 0 Å². The van der Waals surface area contributed by atoms with Gasteiger partial charge in [-0.3, -0.25) is 4.79 Å². The maximum atomic E-state index is 13.8. The molecule has 2 aliphatic heterocycles. The number of hydrogen-bond donors (Lipinski definition) is 1. The molecule has 1 aromatic heterocycles. The van der Waals surface area contributed by atoms with Gasteiger partial charge in [0.2, 0.25) is 5.91 Å². The number of alkyl halides is 2. The van der Waals surface area contributed by atoms with Gasteiger partial charge in [0.15, 0.2) is 0 Å². The van der Waals surface area contributed by atoms with Crippen molar-refractivity contribution in [3.63, 3.8) is 0 Å². The first-order chi connectivity index (χ1) is 15.9. The molecule has 8 heteroatoms. The van der Waals surface area contributed by atoms with Crippen molar-refractivity contribution < 1.29 is 18.3 Å². The van der Waals surface area contributed by atoms with E-state index in [2.05, 4.69) is 10.3 Å². The number of ether oxygens (including phenoxy) is 1. The third-order valence-electron chi connectivity index (χ3n) is 7.23. The summed E-state index contributed by atoms with van der Waals surface area (Å²) in [7, 11) is 1.73. The number of hydrogen-bond acceptors (Lipinski definition) is 5. The van der Waals surface area contributed by atoms with Crippen molar-refractivity contribution in [3.8, 4) is 0 Å². The number of benzene rings is 1. The topological polar surface area (TPSA) is 57.7 Å². The SMILES string of the molecule is CO[C@H]1CC[C@H](C(=O)N2Cc3cccnc3Nc3ccc(N4CCC(F)(F)CC4)cc32)CC1. The average molecular weight is 457 g/mol. The minimum Gasteiger partial charge on any atom is -0.381 e. The van der Waals surface area contributed by atoms with E-state index in [1.54, 1.807) is 13.3 Å². The van der Waals surface area contributed by atoms with Crippen molar-refractivity contribution >= 4 is 28.8 Å². The highest BCUT2D eigenvalue weighted by atomic mass is 19.3. The Morgan fingerprint density at radius 2 is 1.91 bits per heavy atom. The van der Waals surface area contributed by atoms with Crippen LogP contribution in [0.15, 0.2) is 36.5 Å². The number of nitrogens with zero attached hydrogens (tertiary/aromatic N) is 3. The highest BCUT2D eigenvalue weighted by Gasteiger charge is 2.36. The number of fused-ring (bicyclic) bond motifs is 2. The summed E-state index contributed by atoms with van der Waals surface area (Å²) in [5.74, 6) is -1.81. The first-order valence-electron chi connectivity index (χ1n) is 11.8. The zero-order valence-corrected chi connectivity index (χ0v) is 18.9. The van der Waals surface area contributed by atoms with E-state index < -0.39 is 5.92 Å². The Morgan fingerprint density at radius 1 is 1.15 bits per heavy atom. The molecule has 3 aliphatic rings. The van der Waals surface area contributed by atoms with Crippen molar-refractivity contribution in [2.45, 2.75) is 57.1 Å². The number of carbonyl (C=O) groups excluding carboxylic acids is 1. The summed E-state index contributed by atoms with van der Waals surface area (Å²) in [4.78, 5) is 22.1. The van der Waals surface area contributed by atoms with Gasteiger partial charge in [-0.25, -0.2) is 13.8 Å². The highest BCUT2D eigenvalue weighted by molar-refractivity contribution is 6.00. The number of aromatic nitrogens is 1. The quantitative estimate of drug-likeness (QED) is 0.695. The molecular weight excluding hydrogens is 426 g/mol. The summed E-state index contributed by atoms with van der Waals surface area (Å²) < 4.78 is 32.9. The minimum absolute atomic E-state index is 0.0557. The zero-order chi connectivity index (χ0) is 23.0. The Morgan fingerprint density at radius 3 is 2.64 bits per heavy atom. The normalized spacial score (nSPS) is 24.3. The third kappa shape index (κ3) is 4.53. The van der Waals surface area contributed by atoms with Crippen LogP contribution in [0.25, 0.3) is 0 Å². The number of rotatable bonds is 3. The van der Waals surface area contributed by atoms with Crippen LogP contribution in [0, 0.1) is 5.92 Å². The number of amides is 1. The Kier molecular flexibility index (Phi) is 5.95.